The molecule has 0 aliphatic rings. The van der Waals surface area contributed by atoms with Gasteiger partial charge in [0.25, 0.3) is 0 Å². The molecule has 0 N–H and O–H groups in total. The topological polar surface area (TPSA) is 23.8 Å². The Balaban J connectivity index is -0.0000000133. The van der Waals surface area contributed by atoms with Crippen LogP contribution in [0, 0.1) is 23.7 Å². The van der Waals surface area contributed by atoms with Gasteiger partial charge in [0, 0.05) is 18.9 Å². The van der Waals surface area contributed by atoms with Gasteiger partial charge in [-0.15, -0.1) is 0 Å². The van der Waals surface area contributed by atoms with E-state index in [9.17, 15) is 0 Å². The molecule has 0 saturated heterocycles. The molecule has 0 heterocycles. The number of rotatable bonds is 0. The van der Waals surface area contributed by atoms with Crippen molar-refractivity contribution in [2.75, 3.05) is 0 Å². The second-order valence-electron chi connectivity index (χ2n) is 3.00. The zero-order valence-electron chi connectivity index (χ0n) is 10.2. The molecule has 0 aromatic rings. The van der Waals surface area contributed by atoms with Gasteiger partial charge in [-0.05, 0) is 0 Å². The van der Waals surface area contributed by atoms with E-state index in [0.29, 0.717) is 0 Å². The molecule has 1 nitrogen and oxygen atoms in total. The molecule has 0 aliphatic heterocycles. The number of hydrogen-bond acceptors (Lipinski definition) is 1. The summed E-state index contributed by atoms with van der Waals surface area (Å²) in [7, 11) is 0. The molecule has 0 saturated carbocycles. The van der Waals surface area contributed by atoms with Gasteiger partial charge >= 0.3 is 35.9 Å². The van der Waals surface area contributed by atoms with Crippen LogP contribution in [-0.2, 0) is 17.1 Å². The zero-order valence-corrected chi connectivity index (χ0v) is 11.2. The fraction of sp³-hybridized carbons (Fsp3) is 0.667. The summed E-state index contributed by atoms with van der Waals surface area (Å²) in [5.74, 6) is 2.83. The maximum Gasteiger partial charge on any atom is 2.00 e. The van der Waals surface area contributed by atoms with E-state index in [1.807, 2.05) is 0 Å². The first-order chi connectivity index (χ1) is 4.46. The Bertz CT molecular complexity index is 54.4. The van der Waals surface area contributed by atoms with E-state index >= 15 is 0 Å². The van der Waals surface area contributed by atoms with E-state index < -0.39 is 0 Å². The van der Waals surface area contributed by atoms with Gasteiger partial charge in [-0.1, -0.05) is 0 Å². The van der Waals surface area contributed by atoms with Crippen LogP contribution in [0.1, 0.15) is 41.5 Å². The molecule has 2 radical (unpaired) electrons. The van der Waals surface area contributed by atoms with Crippen molar-refractivity contribution >= 4 is 18.9 Å². The summed E-state index contributed by atoms with van der Waals surface area (Å²) in [5.41, 5.74) is 0. The predicted octanol–water partition coefficient (Wildman–Crippen LogP) is -0.0417. The molecule has 0 bridgehead atoms. The Morgan fingerprint density at radius 2 is 0.769 bits per heavy atom. The van der Waals surface area contributed by atoms with E-state index in [2.05, 4.69) is 41.5 Å². The quantitative estimate of drug-likeness (QED) is 0.413. The van der Waals surface area contributed by atoms with Crippen LogP contribution in [-0.4, -0.2) is 18.9 Å². The van der Waals surface area contributed by atoms with E-state index in [1.165, 1.54) is 11.8 Å². The minimum Gasteiger partial charge on any atom is -0.512 e. The Morgan fingerprint density at radius 3 is 0.769 bits per heavy atom. The summed E-state index contributed by atoms with van der Waals surface area (Å²) in [4.78, 5) is 0. The third kappa shape index (κ3) is 1140. The summed E-state index contributed by atoms with van der Waals surface area (Å²) in [5, 5.41) is 6.25. The molecular weight excluding hydrogens is 200 g/mol. The van der Waals surface area contributed by atoms with E-state index in [1.54, 1.807) is 0 Å². The molecule has 0 aliphatic carbocycles. The second-order valence-corrected chi connectivity index (χ2v) is 3.00. The molecule has 13 heavy (non-hydrogen) atoms. The summed E-state index contributed by atoms with van der Waals surface area (Å²) < 4.78 is 0. The van der Waals surface area contributed by atoms with Crippen LogP contribution in [0.4, 0.5) is 0 Å². The van der Waals surface area contributed by atoms with Gasteiger partial charge in [-0.3, -0.25) is 0 Å². The van der Waals surface area contributed by atoms with Gasteiger partial charge in [-0.25, -0.2) is 0 Å². The minimum absolute atomic E-state index is 0. The molecule has 0 atom stereocenters. The monoisotopic (exact) mass is 217 g/mol. The normalized spacial score (nSPS) is 5.69. The van der Waals surface area contributed by atoms with Crippen molar-refractivity contribution in [1.29, 1.82) is 5.26 Å². The predicted molar refractivity (Wildman–Crippen MR) is 51.3 cm³/mol. The van der Waals surface area contributed by atoms with Gasteiger partial charge in [0.05, 0.1) is 0 Å². The van der Waals surface area contributed by atoms with Crippen LogP contribution in [0.5, 0.6) is 0 Å². The summed E-state index contributed by atoms with van der Waals surface area (Å²) >= 11 is 0. The van der Waals surface area contributed by atoms with Crippen molar-refractivity contribution < 1.29 is 35.9 Å². The Hall–Kier alpha value is 1.20. The second kappa shape index (κ2) is 37.9. The first-order valence-corrected chi connectivity index (χ1v) is 3.22. The molecule has 0 amide bonds. The largest absolute Gasteiger partial charge is 2.00 e. The fourth-order valence-electron chi connectivity index (χ4n) is 0. The van der Waals surface area contributed by atoms with Crippen molar-refractivity contribution in [2.24, 2.45) is 0 Å². The molecule has 0 fully saturated rings. The Kier molecular flexibility index (Phi) is 107. The van der Waals surface area contributed by atoms with Crippen molar-refractivity contribution in [3.05, 3.63) is 18.4 Å². The SMILES string of the molecule is C[C-](C)C.C[C-](C)C.[C-]#N.[Cu+2].[Li+].[Li]. The van der Waals surface area contributed by atoms with E-state index in [4.69, 9.17) is 11.8 Å². The first kappa shape index (κ1) is 36.8. The number of nitrogens with zero attached hydrogens (tertiary/aromatic N) is 1. The van der Waals surface area contributed by atoms with Crippen LogP contribution in [0.15, 0.2) is 0 Å². The van der Waals surface area contributed by atoms with Gasteiger partial charge < -0.3 is 23.7 Å². The minimum atomic E-state index is 0. The molecule has 72 valence electrons. The Morgan fingerprint density at radius 1 is 0.769 bits per heavy atom. The Labute approximate surface area is 119 Å². The molecule has 4 heteroatoms. The van der Waals surface area contributed by atoms with Crippen molar-refractivity contribution in [2.45, 2.75) is 41.5 Å². The first-order valence-electron chi connectivity index (χ1n) is 3.22. The molecule has 0 aromatic carbocycles. The average Bonchev–Trinajstić information content (AvgIpc) is 1.66. The van der Waals surface area contributed by atoms with Crippen LogP contribution < -0.4 is 18.9 Å². The van der Waals surface area contributed by atoms with Crippen LogP contribution >= 0.6 is 0 Å². The summed E-state index contributed by atoms with van der Waals surface area (Å²) in [6, 6.07) is 0. The molecule has 0 rings (SSSR count). The van der Waals surface area contributed by atoms with Crippen LogP contribution in [0.3, 0.4) is 0 Å². The van der Waals surface area contributed by atoms with Crippen molar-refractivity contribution in [3.8, 4) is 0 Å². The molecule has 0 aromatic heterocycles. The van der Waals surface area contributed by atoms with Crippen LogP contribution in [0.2, 0.25) is 0 Å². The standard InChI is InChI=1S/2C4H9.CN.Cu.2Li/c2*1-4(2)3;1-2;;;/h2*1-3H3;;;;/q3*-1;+2;;+1. The molecule has 0 spiro atoms. The maximum atomic E-state index is 6.25. The number of hydrogen-bond donors (Lipinski definition) is 0. The third-order valence-corrected chi connectivity index (χ3v) is 0. The van der Waals surface area contributed by atoms with Gasteiger partial charge in [0.2, 0.25) is 0 Å². The fourth-order valence-corrected chi connectivity index (χ4v) is 0. The van der Waals surface area contributed by atoms with Crippen molar-refractivity contribution in [1.82, 2.24) is 0 Å². The molecular formula is C9H18CuLi2N. The smallest absolute Gasteiger partial charge is 0.512 e. The third-order valence-electron chi connectivity index (χ3n) is 0. The zero-order chi connectivity index (χ0) is 9.15. The maximum absolute atomic E-state index is 6.25. The van der Waals surface area contributed by atoms with Crippen molar-refractivity contribution in [3.63, 3.8) is 0 Å². The van der Waals surface area contributed by atoms with Gasteiger partial charge in [0.1, 0.15) is 0 Å². The van der Waals surface area contributed by atoms with Gasteiger partial charge in [-0.2, -0.15) is 41.5 Å². The van der Waals surface area contributed by atoms with Gasteiger partial charge in [0.15, 0.2) is 0 Å². The summed E-state index contributed by atoms with van der Waals surface area (Å²) in [6.45, 7) is 17.2. The van der Waals surface area contributed by atoms with E-state index in [0.717, 1.165) is 0 Å². The average molecular weight is 218 g/mol. The molecule has 0 unspecified atom stereocenters. The summed E-state index contributed by atoms with van der Waals surface area (Å²) in [6.07, 6.45) is 0. The van der Waals surface area contributed by atoms with E-state index in [-0.39, 0.29) is 54.8 Å². The van der Waals surface area contributed by atoms with Crippen LogP contribution in [0.25, 0.3) is 0 Å².